The van der Waals surface area contributed by atoms with Crippen molar-refractivity contribution in [1.29, 1.82) is 0 Å². The van der Waals surface area contributed by atoms with Gasteiger partial charge in [0.25, 0.3) is 0 Å². The molecule has 1 aromatic carbocycles. The van der Waals surface area contributed by atoms with Crippen LogP contribution in [0.2, 0.25) is 0 Å². The number of hydrogen-bond donors (Lipinski definition) is 2. The molecule has 1 N–H and O–H groups in total. The smallest absolute Gasteiger partial charge is 0.157 e. The van der Waals surface area contributed by atoms with Crippen molar-refractivity contribution in [3.05, 3.63) is 27.1 Å². The Morgan fingerprint density at radius 1 is 1.31 bits per heavy atom. The van der Waals surface area contributed by atoms with Crippen LogP contribution in [0.1, 0.15) is 13.8 Å². The van der Waals surface area contributed by atoms with Gasteiger partial charge in [-0.2, -0.15) is 0 Å². The second-order valence-corrected chi connectivity index (χ2v) is 6.10. The summed E-state index contributed by atoms with van der Waals surface area (Å²) in [5.74, 6) is 0.540. The molecule has 0 heterocycles. The molecule has 0 atom stereocenters. The lowest BCUT2D eigenvalue weighted by Gasteiger charge is -2.07. The monoisotopic (exact) mass is 364 g/mol. The van der Waals surface area contributed by atoms with Crippen molar-refractivity contribution in [2.24, 2.45) is 10.9 Å². The minimum absolute atomic E-state index is 0.540. The van der Waals surface area contributed by atoms with Crippen LogP contribution in [0.25, 0.3) is 0 Å². The van der Waals surface area contributed by atoms with Crippen LogP contribution < -0.4 is 5.32 Å². The molecule has 0 unspecified atom stereocenters. The first-order valence-electron chi connectivity index (χ1n) is 4.94. The van der Waals surface area contributed by atoms with E-state index in [1.807, 2.05) is 18.2 Å². The highest BCUT2D eigenvalue weighted by molar-refractivity contribution is 9.11. The number of nitrogens with one attached hydrogen (secondary N) is 1. The van der Waals surface area contributed by atoms with E-state index in [0.717, 1.165) is 21.2 Å². The zero-order valence-corrected chi connectivity index (χ0v) is 13.2. The lowest BCUT2D eigenvalue weighted by Crippen LogP contribution is -2.07. The summed E-state index contributed by atoms with van der Waals surface area (Å²) < 4.78 is 2.02. The van der Waals surface area contributed by atoms with E-state index < -0.39 is 0 Å². The van der Waals surface area contributed by atoms with Crippen molar-refractivity contribution in [3.63, 3.8) is 0 Å². The number of benzene rings is 1. The first-order chi connectivity index (χ1) is 7.47. The van der Waals surface area contributed by atoms with Gasteiger partial charge in [-0.1, -0.05) is 45.7 Å². The number of nitrogens with zero attached hydrogens (tertiary/aromatic N) is 1. The molecule has 0 fully saturated rings. The molecule has 0 bridgehead atoms. The van der Waals surface area contributed by atoms with Crippen LogP contribution in [-0.4, -0.2) is 11.7 Å². The van der Waals surface area contributed by atoms with Gasteiger partial charge in [0.05, 0.1) is 0 Å². The third-order valence-corrected chi connectivity index (χ3v) is 2.89. The van der Waals surface area contributed by atoms with E-state index in [1.54, 1.807) is 0 Å². The van der Waals surface area contributed by atoms with E-state index >= 15 is 0 Å². The van der Waals surface area contributed by atoms with Crippen molar-refractivity contribution in [1.82, 2.24) is 0 Å². The van der Waals surface area contributed by atoms with Gasteiger partial charge in [-0.05, 0) is 24.1 Å². The average molecular weight is 366 g/mol. The molecule has 0 aliphatic rings. The van der Waals surface area contributed by atoms with E-state index in [9.17, 15) is 0 Å². The van der Waals surface area contributed by atoms with Gasteiger partial charge in [0.15, 0.2) is 5.17 Å². The molecule has 16 heavy (non-hydrogen) atoms. The quantitative estimate of drug-likeness (QED) is 0.457. The molecule has 0 aliphatic heterocycles. The fourth-order valence-electron chi connectivity index (χ4n) is 1.06. The molecule has 0 aromatic heterocycles. The lowest BCUT2D eigenvalue weighted by molar-refractivity contribution is 0.666. The summed E-state index contributed by atoms with van der Waals surface area (Å²) in [5, 5.41) is 3.77. The summed E-state index contributed by atoms with van der Waals surface area (Å²) in [5.41, 5.74) is 0.957. The number of rotatable bonds is 3. The highest BCUT2D eigenvalue weighted by Crippen LogP contribution is 2.23. The van der Waals surface area contributed by atoms with Gasteiger partial charge in [-0.25, -0.2) is 0 Å². The number of amidine groups is 1. The molecular formula is C11H14Br2N2S. The molecule has 0 radical (unpaired) electrons. The Hall–Kier alpha value is -0.000000000000000111. The van der Waals surface area contributed by atoms with Crippen LogP contribution in [0.3, 0.4) is 0 Å². The number of hydrogen-bond acceptors (Lipinski definition) is 1. The minimum Gasteiger partial charge on any atom is -0.335 e. The summed E-state index contributed by atoms with van der Waals surface area (Å²) >= 11 is 11.2. The molecular weight excluding hydrogens is 352 g/mol. The molecule has 2 nitrogen and oxygen atoms in total. The average Bonchev–Trinajstić information content (AvgIpc) is 2.12. The van der Waals surface area contributed by atoms with Crippen molar-refractivity contribution < 1.29 is 0 Å². The number of aliphatic imine (C=N–C) groups is 1. The van der Waals surface area contributed by atoms with Gasteiger partial charge in [-0.15, -0.1) is 12.6 Å². The van der Waals surface area contributed by atoms with Gasteiger partial charge in [0.1, 0.15) is 0 Å². The largest absolute Gasteiger partial charge is 0.335 e. The van der Waals surface area contributed by atoms with Crippen LogP contribution in [0, 0.1) is 5.92 Å². The van der Waals surface area contributed by atoms with E-state index in [4.69, 9.17) is 0 Å². The SMILES string of the molecule is CC(C)C/N=C(\S)Nc1cc(Br)cc(Br)c1. The Morgan fingerprint density at radius 3 is 2.38 bits per heavy atom. The van der Waals surface area contributed by atoms with Crippen LogP contribution in [0.5, 0.6) is 0 Å². The van der Waals surface area contributed by atoms with Gasteiger partial charge >= 0.3 is 0 Å². The standard InChI is InChI=1S/C11H14Br2N2S/c1-7(2)6-14-11(16)15-10-4-8(12)3-9(13)5-10/h3-5,7H,6H2,1-2H3,(H2,14,15,16). The Labute approximate surface area is 119 Å². The maximum absolute atomic E-state index is 4.32. The van der Waals surface area contributed by atoms with E-state index in [1.165, 1.54) is 0 Å². The van der Waals surface area contributed by atoms with Gasteiger partial charge in [-0.3, -0.25) is 4.99 Å². The molecule has 1 rings (SSSR count). The maximum Gasteiger partial charge on any atom is 0.157 e. The highest BCUT2D eigenvalue weighted by Gasteiger charge is 1.99. The number of anilines is 1. The minimum atomic E-state index is 0.540. The Balaban J connectivity index is 2.69. The number of thiol groups is 1. The Bertz CT molecular complexity index is 371. The van der Waals surface area contributed by atoms with E-state index in [-0.39, 0.29) is 0 Å². The molecule has 0 saturated carbocycles. The Kier molecular flexibility index (Phi) is 5.86. The molecule has 0 spiro atoms. The van der Waals surface area contributed by atoms with E-state index in [0.29, 0.717) is 11.1 Å². The molecule has 0 aliphatic carbocycles. The second kappa shape index (κ2) is 6.67. The fraction of sp³-hybridized carbons (Fsp3) is 0.364. The number of halogens is 2. The molecule has 1 aromatic rings. The molecule has 0 amide bonds. The second-order valence-electron chi connectivity index (χ2n) is 3.84. The zero-order chi connectivity index (χ0) is 12.1. The van der Waals surface area contributed by atoms with E-state index in [2.05, 4.69) is 68.6 Å². The molecule has 0 saturated heterocycles. The third-order valence-electron chi connectivity index (χ3n) is 1.72. The lowest BCUT2D eigenvalue weighted by atomic mass is 10.2. The van der Waals surface area contributed by atoms with Crippen LogP contribution in [-0.2, 0) is 0 Å². The van der Waals surface area contributed by atoms with Crippen molar-refractivity contribution in [3.8, 4) is 0 Å². The van der Waals surface area contributed by atoms with Gasteiger partial charge in [0.2, 0.25) is 0 Å². The first kappa shape index (κ1) is 14.1. The summed E-state index contributed by atoms with van der Waals surface area (Å²) in [6.45, 7) is 5.03. The van der Waals surface area contributed by atoms with Crippen molar-refractivity contribution in [2.45, 2.75) is 13.8 Å². The highest BCUT2D eigenvalue weighted by atomic mass is 79.9. The third kappa shape index (κ3) is 5.37. The summed E-state index contributed by atoms with van der Waals surface area (Å²) in [6, 6.07) is 5.94. The maximum atomic E-state index is 4.32. The van der Waals surface area contributed by atoms with Gasteiger partial charge < -0.3 is 5.32 Å². The normalized spacial score (nSPS) is 12.0. The van der Waals surface area contributed by atoms with Crippen LogP contribution in [0.4, 0.5) is 5.69 Å². The predicted molar refractivity (Wildman–Crippen MR) is 81.6 cm³/mol. The molecule has 88 valence electrons. The predicted octanol–water partition coefficient (Wildman–Crippen LogP) is 4.57. The first-order valence-corrected chi connectivity index (χ1v) is 6.97. The summed E-state index contributed by atoms with van der Waals surface area (Å²) in [4.78, 5) is 4.32. The van der Waals surface area contributed by atoms with Crippen LogP contribution >= 0.6 is 44.5 Å². The van der Waals surface area contributed by atoms with Crippen molar-refractivity contribution >= 4 is 55.3 Å². The van der Waals surface area contributed by atoms with Crippen LogP contribution in [0.15, 0.2) is 32.1 Å². The Morgan fingerprint density at radius 2 is 1.88 bits per heavy atom. The fourth-order valence-corrected chi connectivity index (χ4v) is 2.57. The zero-order valence-electron chi connectivity index (χ0n) is 9.17. The topological polar surface area (TPSA) is 24.4 Å². The summed E-state index contributed by atoms with van der Waals surface area (Å²) in [6.07, 6.45) is 0. The van der Waals surface area contributed by atoms with Gasteiger partial charge in [0, 0.05) is 21.2 Å². The molecule has 5 heteroatoms. The summed E-state index contributed by atoms with van der Waals surface area (Å²) in [7, 11) is 0. The van der Waals surface area contributed by atoms with Crippen molar-refractivity contribution in [2.75, 3.05) is 11.9 Å².